The Morgan fingerprint density at radius 1 is 0.331 bits per heavy atom. The second kappa shape index (κ2) is 67.7. The Hall–Kier alpha value is -11.1. The van der Waals surface area contributed by atoms with E-state index in [2.05, 4.69) is 94.2 Å². The van der Waals surface area contributed by atoms with E-state index >= 15 is 0 Å². The lowest BCUT2D eigenvalue weighted by molar-refractivity contribution is -0.145. The Balaban J connectivity index is 0.000000726. The van der Waals surface area contributed by atoms with E-state index in [0.29, 0.717) is 36.0 Å². The number of hydrogen-bond acceptors (Lipinski definition) is 14. The summed E-state index contributed by atoms with van der Waals surface area (Å²) in [5.41, 5.74) is 5.11. The molecule has 6 rings (SSSR count). The zero-order valence-corrected chi connectivity index (χ0v) is 75.7. The van der Waals surface area contributed by atoms with Gasteiger partial charge in [-0.05, 0) is 183 Å². The first-order valence-corrected chi connectivity index (χ1v) is 42.7. The highest BCUT2D eigenvalue weighted by atomic mass is 19.1. The van der Waals surface area contributed by atoms with Crippen LogP contribution in [0.4, 0.5) is 4.39 Å². The fourth-order valence-electron chi connectivity index (χ4n) is 12.3. The fraction of sp³-hybridized carbons (Fsp3) is 0.450. The van der Waals surface area contributed by atoms with Crippen molar-refractivity contribution in [3.05, 3.63) is 221 Å². The summed E-state index contributed by atoms with van der Waals surface area (Å²) in [6, 6.07) is 44.7. The highest BCUT2D eigenvalue weighted by Gasteiger charge is 2.22. The Bertz CT molecular complexity index is 4010. The van der Waals surface area contributed by atoms with E-state index in [1.807, 2.05) is 148 Å². The van der Waals surface area contributed by atoms with Crippen LogP contribution < -0.4 is 55.6 Å². The average Bonchev–Trinajstić information content (AvgIpc) is 0.905. The Kier molecular flexibility index (Phi) is 60.4. The van der Waals surface area contributed by atoms with Crippen molar-refractivity contribution in [1.82, 2.24) is 31.9 Å². The molecular weight excluding hydrogens is 1530 g/mol. The molecule has 6 aromatic rings. The first-order chi connectivity index (χ1) is 58.3. The fourth-order valence-corrected chi connectivity index (χ4v) is 12.3. The number of hydrogen-bond donors (Lipinski definition) is 6. The molecule has 21 heteroatoms. The predicted octanol–water partition coefficient (Wildman–Crippen LogP) is 20.2. The third-order valence-corrected chi connectivity index (χ3v) is 18.3. The van der Waals surface area contributed by atoms with Crippen molar-refractivity contribution >= 4 is 77.9 Å². The molecular formula is C100H143FN6O14. The van der Waals surface area contributed by atoms with Gasteiger partial charge in [0, 0.05) is 78.9 Å². The smallest absolute Gasteiger partial charge is 0.328 e. The SMILES string of the molecule is CCC(COC)NC(=O)/C=C/c1ccc(OC)cc1.CCCC(CC(C)C)NC(=O)/C=C/c1ccc(OC)cc1.CCCC(CCC)NC(=O)/C=C/c1ccc(OC)c(OC)c1.CCCC(CCC)NC(=O)/C=C/c1ccccc1F.CCCC(CCC)NC(=O)/C=C/c1ccccc1OC.COC(=O)[C@@H](CC(C)C)NC(=O)/C=C/c1ccccc1. The Labute approximate surface area is 723 Å². The van der Waals surface area contributed by atoms with Crippen LogP contribution in [0.5, 0.6) is 28.7 Å². The van der Waals surface area contributed by atoms with E-state index < -0.39 is 12.0 Å². The second-order valence-electron chi connectivity index (χ2n) is 29.6. The lowest BCUT2D eigenvalue weighted by atomic mass is 10.00. The summed E-state index contributed by atoms with van der Waals surface area (Å²) in [7, 11) is 11.0. The minimum atomic E-state index is -0.604. The van der Waals surface area contributed by atoms with Gasteiger partial charge >= 0.3 is 5.97 Å². The molecule has 2 unspecified atom stereocenters. The molecule has 0 saturated heterocycles. The molecule has 0 bridgehead atoms. The van der Waals surface area contributed by atoms with Crippen molar-refractivity contribution in [2.24, 2.45) is 11.8 Å². The van der Waals surface area contributed by atoms with Gasteiger partial charge in [-0.2, -0.15) is 0 Å². The van der Waals surface area contributed by atoms with Crippen LogP contribution in [0.15, 0.2) is 182 Å². The van der Waals surface area contributed by atoms with Gasteiger partial charge in [-0.1, -0.05) is 225 Å². The monoisotopic (exact) mass is 1670 g/mol. The van der Waals surface area contributed by atoms with Gasteiger partial charge in [0.1, 0.15) is 29.1 Å². The topological polar surface area (TPSA) is 256 Å². The molecule has 20 nitrogen and oxygen atoms in total. The third kappa shape index (κ3) is 51.2. The lowest BCUT2D eigenvalue weighted by Gasteiger charge is -2.19. The van der Waals surface area contributed by atoms with Gasteiger partial charge in [0.15, 0.2) is 11.5 Å². The maximum atomic E-state index is 13.4. The lowest BCUT2D eigenvalue weighted by Crippen LogP contribution is -2.41. The molecule has 0 heterocycles. The summed E-state index contributed by atoms with van der Waals surface area (Å²) in [5.74, 6) is 3.18. The quantitative estimate of drug-likeness (QED) is 0.0154. The number of amides is 6. The Morgan fingerprint density at radius 2 is 0.669 bits per heavy atom. The van der Waals surface area contributed by atoms with Crippen LogP contribution >= 0.6 is 0 Å². The van der Waals surface area contributed by atoms with Crippen molar-refractivity contribution in [1.29, 1.82) is 0 Å². The van der Waals surface area contributed by atoms with Crippen LogP contribution in [-0.4, -0.2) is 134 Å². The minimum absolute atomic E-state index is 0.0232. The van der Waals surface area contributed by atoms with Gasteiger partial charge < -0.3 is 65.1 Å². The van der Waals surface area contributed by atoms with E-state index in [-0.39, 0.29) is 77.4 Å². The van der Waals surface area contributed by atoms with Crippen molar-refractivity contribution < 1.29 is 71.1 Å². The molecule has 0 radical (unpaired) electrons. The van der Waals surface area contributed by atoms with Crippen LogP contribution in [0, 0.1) is 17.7 Å². The second-order valence-corrected chi connectivity index (χ2v) is 29.6. The van der Waals surface area contributed by atoms with Crippen LogP contribution in [0.25, 0.3) is 36.5 Å². The van der Waals surface area contributed by atoms with Gasteiger partial charge in [-0.25, -0.2) is 9.18 Å². The predicted molar refractivity (Wildman–Crippen MR) is 495 cm³/mol. The molecule has 0 spiro atoms. The van der Waals surface area contributed by atoms with Gasteiger partial charge in [-0.3, -0.25) is 28.8 Å². The molecule has 0 aromatic heterocycles. The van der Waals surface area contributed by atoms with Crippen LogP contribution in [0.1, 0.15) is 226 Å². The zero-order chi connectivity index (χ0) is 90.0. The van der Waals surface area contributed by atoms with Crippen LogP contribution in [0.2, 0.25) is 0 Å². The van der Waals surface area contributed by atoms with Gasteiger partial charge in [0.2, 0.25) is 35.4 Å². The number of para-hydroxylation sites is 1. The minimum Gasteiger partial charge on any atom is -0.497 e. The molecule has 121 heavy (non-hydrogen) atoms. The summed E-state index contributed by atoms with van der Waals surface area (Å²) in [4.78, 5) is 82.8. The molecule has 6 N–H and O–H groups in total. The van der Waals surface area contributed by atoms with Crippen molar-refractivity contribution in [2.75, 3.05) is 56.4 Å². The zero-order valence-electron chi connectivity index (χ0n) is 75.7. The normalized spacial score (nSPS) is 11.7. The van der Waals surface area contributed by atoms with Crippen molar-refractivity contribution in [3.63, 3.8) is 0 Å². The number of carbonyl (C=O) groups excluding carboxylic acids is 7. The van der Waals surface area contributed by atoms with Crippen LogP contribution in [-0.2, 0) is 43.0 Å². The number of methoxy groups -OCH3 is 7. The van der Waals surface area contributed by atoms with Gasteiger partial charge in [0.25, 0.3) is 0 Å². The summed E-state index contributed by atoms with van der Waals surface area (Å²) in [6.07, 6.45) is 36.5. The molecule has 0 aliphatic heterocycles. The number of carbonyl (C=O) groups is 7. The molecule has 0 aliphatic carbocycles. The van der Waals surface area contributed by atoms with E-state index in [1.165, 1.54) is 37.5 Å². The molecule has 0 saturated carbocycles. The van der Waals surface area contributed by atoms with Crippen molar-refractivity contribution in [3.8, 4) is 28.7 Å². The summed E-state index contributed by atoms with van der Waals surface area (Å²) in [6.45, 7) is 25.8. The third-order valence-electron chi connectivity index (χ3n) is 18.3. The van der Waals surface area contributed by atoms with E-state index in [9.17, 15) is 38.0 Å². The maximum absolute atomic E-state index is 13.4. The highest BCUT2D eigenvalue weighted by Crippen LogP contribution is 2.28. The largest absolute Gasteiger partial charge is 0.497 e. The number of benzene rings is 6. The maximum Gasteiger partial charge on any atom is 0.328 e. The number of ether oxygens (including phenoxy) is 7. The standard InChI is InChI=1S/C18H27NO3.C18H27NO2.C17H25NO2.C16H22FNO.C16H21NO3.C15H21NO3/c1-5-7-15(8-6-2)19-18(20)12-10-14-9-11-16(21-3)17(13-14)22-4;1-5-6-16(13-14(2)3)19-18(20)12-9-15-7-10-17(21-4)11-8-15;1-4-8-15(9-5-2)18-17(19)13-12-14-10-6-7-11-16(14)20-3;1-3-7-14(8-4-2)18-16(19)12-11-13-9-5-6-10-15(13)17;1-12(2)11-14(16(19)20-3)17-15(18)10-9-13-7-5-4-6-8-13;1-4-13(11-18-2)16-15(17)10-7-12-5-8-14(19-3)9-6-12/h9-13,15H,5-8H2,1-4H3,(H,19,20);7-12,14,16H,5-6,13H2,1-4H3,(H,19,20);6-7,10-13,15H,4-5,8-9H2,1-3H3,(H,18,19);5-6,9-12,14H,3-4,7-8H2,1-2H3,(H,18,19);4-10,12,14H,11H2,1-3H3,(H,17,18);5-10,13H,4,11H2,1-3H3,(H,16,17)/b12-10+;12-9+;13-12+;12-11+;10-9+;10-7+/t;;;;14-;/m....1./s1. The number of halogens is 1. The molecule has 3 atom stereocenters. The van der Waals surface area contributed by atoms with Crippen molar-refractivity contribution in [2.45, 2.75) is 228 Å². The molecule has 0 aliphatic rings. The molecule has 6 amide bonds. The van der Waals surface area contributed by atoms with Crippen LogP contribution in [0.3, 0.4) is 0 Å². The molecule has 6 aromatic carbocycles. The number of rotatable bonds is 45. The summed E-state index contributed by atoms with van der Waals surface area (Å²) in [5, 5.41) is 17.7. The van der Waals surface area contributed by atoms with Gasteiger partial charge in [0.05, 0.1) is 55.3 Å². The number of nitrogens with one attached hydrogen (secondary N) is 6. The molecule has 664 valence electrons. The highest BCUT2D eigenvalue weighted by molar-refractivity contribution is 5.96. The van der Waals surface area contributed by atoms with E-state index in [0.717, 1.165) is 148 Å². The Morgan fingerprint density at radius 3 is 1.05 bits per heavy atom. The molecule has 0 fully saturated rings. The average molecular weight is 1670 g/mol. The number of esters is 1. The summed E-state index contributed by atoms with van der Waals surface area (Å²) >= 11 is 0. The summed E-state index contributed by atoms with van der Waals surface area (Å²) < 4.78 is 49.0. The van der Waals surface area contributed by atoms with E-state index in [1.54, 1.807) is 103 Å². The first-order valence-electron chi connectivity index (χ1n) is 42.7. The first kappa shape index (κ1) is 108. The van der Waals surface area contributed by atoms with Gasteiger partial charge in [-0.15, -0.1) is 0 Å². The van der Waals surface area contributed by atoms with E-state index in [4.69, 9.17) is 33.2 Å².